The van der Waals surface area contributed by atoms with E-state index in [0.29, 0.717) is 13.1 Å². The highest BCUT2D eigenvalue weighted by atomic mass is 16.5. The van der Waals surface area contributed by atoms with Crippen LogP contribution in [0.4, 0.5) is 4.79 Å². The molecule has 0 aliphatic carbocycles. The minimum Gasteiger partial charge on any atom is -0.497 e. The first-order chi connectivity index (χ1) is 11.9. The maximum Gasteiger partial charge on any atom is 0.315 e. The summed E-state index contributed by atoms with van der Waals surface area (Å²) in [5.74, 6) is 0.824. The minimum absolute atomic E-state index is 0.194. The average molecular weight is 342 g/mol. The fourth-order valence-electron chi connectivity index (χ4n) is 2.39. The summed E-state index contributed by atoms with van der Waals surface area (Å²) in [6, 6.07) is 15.2. The lowest BCUT2D eigenvalue weighted by Gasteiger charge is -2.18. The lowest BCUT2D eigenvalue weighted by atomic mass is 9.97. The van der Waals surface area contributed by atoms with Crippen LogP contribution < -0.4 is 15.4 Å². The Bertz CT molecular complexity index is 674. The monoisotopic (exact) mass is 342 g/mol. The molecule has 134 valence electrons. The summed E-state index contributed by atoms with van der Waals surface area (Å²) in [6.07, 6.45) is 0.762. The van der Waals surface area contributed by atoms with Gasteiger partial charge in [-0.25, -0.2) is 4.79 Å². The first-order valence-electron chi connectivity index (χ1n) is 8.35. The van der Waals surface area contributed by atoms with Crippen LogP contribution in [0.2, 0.25) is 0 Å². The van der Waals surface area contributed by atoms with Crippen molar-refractivity contribution >= 4 is 6.03 Å². The van der Waals surface area contributed by atoms with E-state index in [0.717, 1.165) is 28.9 Å². The molecule has 2 amide bonds. The third-order valence-electron chi connectivity index (χ3n) is 3.97. The Balaban J connectivity index is 1.71. The lowest BCUT2D eigenvalue weighted by molar-refractivity contribution is 0.0786. The molecule has 0 bridgehead atoms. The van der Waals surface area contributed by atoms with Crippen LogP contribution in [0.5, 0.6) is 5.75 Å². The molecular formula is C20H26N2O3. The number of carbonyl (C=O) groups excluding carboxylic acids is 1. The maximum atomic E-state index is 11.9. The highest BCUT2D eigenvalue weighted by molar-refractivity contribution is 5.73. The van der Waals surface area contributed by atoms with Gasteiger partial charge in [0.05, 0.1) is 12.7 Å². The molecule has 0 spiro atoms. The van der Waals surface area contributed by atoms with Crippen LogP contribution in [0, 0.1) is 0 Å². The van der Waals surface area contributed by atoms with E-state index in [4.69, 9.17) is 4.74 Å². The molecule has 5 heteroatoms. The molecule has 0 fully saturated rings. The van der Waals surface area contributed by atoms with Gasteiger partial charge in [-0.3, -0.25) is 0 Å². The molecule has 0 aromatic heterocycles. The molecular weight excluding hydrogens is 316 g/mol. The van der Waals surface area contributed by atoms with E-state index in [1.165, 1.54) is 0 Å². The van der Waals surface area contributed by atoms with Crippen molar-refractivity contribution in [2.24, 2.45) is 0 Å². The smallest absolute Gasteiger partial charge is 0.315 e. The number of carbonyl (C=O) groups is 1. The van der Waals surface area contributed by atoms with Gasteiger partial charge in [0.25, 0.3) is 0 Å². The summed E-state index contributed by atoms with van der Waals surface area (Å²) in [5.41, 5.74) is 2.12. The molecule has 2 rings (SSSR count). The van der Waals surface area contributed by atoms with Crippen LogP contribution in [0.25, 0.3) is 0 Å². The summed E-state index contributed by atoms with van der Waals surface area (Å²) in [6.45, 7) is 4.50. The predicted molar refractivity (Wildman–Crippen MR) is 98.6 cm³/mol. The number of benzene rings is 2. The van der Waals surface area contributed by atoms with Gasteiger partial charge in [-0.1, -0.05) is 36.4 Å². The van der Waals surface area contributed by atoms with Gasteiger partial charge < -0.3 is 20.5 Å². The molecule has 0 saturated carbocycles. The van der Waals surface area contributed by atoms with E-state index in [2.05, 4.69) is 10.6 Å². The molecule has 2 aromatic carbocycles. The number of rotatable bonds is 7. The van der Waals surface area contributed by atoms with Crippen molar-refractivity contribution in [3.05, 3.63) is 65.2 Å². The van der Waals surface area contributed by atoms with Gasteiger partial charge in [-0.2, -0.15) is 0 Å². The highest BCUT2D eigenvalue weighted by Gasteiger charge is 2.15. The van der Waals surface area contributed by atoms with E-state index in [1.54, 1.807) is 21.0 Å². The van der Waals surface area contributed by atoms with Crippen LogP contribution in [0.15, 0.2) is 48.5 Å². The maximum absolute atomic E-state index is 11.9. The number of urea groups is 1. The molecule has 0 heterocycles. The molecule has 5 nitrogen and oxygen atoms in total. The van der Waals surface area contributed by atoms with Gasteiger partial charge in [-0.05, 0) is 49.1 Å². The van der Waals surface area contributed by atoms with E-state index in [1.807, 2.05) is 48.5 Å². The van der Waals surface area contributed by atoms with Crippen molar-refractivity contribution < 1.29 is 14.6 Å². The number of ether oxygens (including phenoxy) is 1. The second-order valence-corrected chi connectivity index (χ2v) is 6.46. The second-order valence-electron chi connectivity index (χ2n) is 6.46. The van der Waals surface area contributed by atoms with Crippen LogP contribution in [-0.4, -0.2) is 24.8 Å². The Morgan fingerprint density at radius 2 is 1.60 bits per heavy atom. The van der Waals surface area contributed by atoms with Gasteiger partial charge in [0, 0.05) is 13.1 Å². The Hall–Kier alpha value is -2.53. The van der Waals surface area contributed by atoms with Crippen molar-refractivity contribution in [2.75, 3.05) is 13.7 Å². The summed E-state index contributed by atoms with van der Waals surface area (Å²) in [4.78, 5) is 11.9. The lowest BCUT2D eigenvalue weighted by Crippen LogP contribution is -2.36. The largest absolute Gasteiger partial charge is 0.497 e. The van der Waals surface area contributed by atoms with Gasteiger partial charge in [0.15, 0.2) is 0 Å². The number of methoxy groups -OCH3 is 1. The first-order valence-corrected chi connectivity index (χ1v) is 8.35. The van der Waals surface area contributed by atoms with E-state index in [9.17, 15) is 9.90 Å². The van der Waals surface area contributed by atoms with Gasteiger partial charge in [-0.15, -0.1) is 0 Å². The van der Waals surface area contributed by atoms with Gasteiger partial charge >= 0.3 is 6.03 Å². The molecule has 0 aliphatic heterocycles. The summed E-state index contributed by atoms with van der Waals surface area (Å²) >= 11 is 0. The van der Waals surface area contributed by atoms with Gasteiger partial charge in [0.2, 0.25) is 0 Å². The molecule has 0 unspecified atom stereocenters. The van der Waals surface area contributed by atoms with Gasteiger partial charge in [0.1, 0.15) is 5.75 Å². The molecule has 0 saturated heterocycles. The highest BCUT2D eigenvalue weighted by Crippen LogP contribution is 2.19. The fourth-order valence-corrected chi connectivity index (χ4v) is 2.39. The summed E-state index contributed by atoms with van der Waals surface area (Å²) in [7, 11) is 1.64. The Kier molecular flexibility index (Phi) is 6.42. The number of hydrogen-bond donors (Lipinski definition) is 3. The fraction of sp³-hybridized carbons (Fsp3) is 0.350. The molecule has 3 N–H and O–H groups in total. The quantitative estimate of drug-likeness (QED) is 0.724. The third kappa shape index (κ3) is 6.12. The third-order valence-corrected chi connectivity index (χ3v) is 3.97. The Labute approximate surface area is 149 Å². The standard InChI is InChI=1S/C20H26N2O3/c1-20(2,24)17-8-4-16(5-9-17)14-22-19(23)21-13-12-15-6-10-18(25-3)11-7-15/h4-11,24H,12-14H2,1-3H3,(H2,21,22,23). The Morgan fingerprint density at radius 1 is 1.00 bits per heavy atom. The van der Waals surface area contributed by atoms with Crippen LogP contribution >= 0.6 is 0 Å². The summed E-state index contributed by atoms with van der Waals surface area (Å²) in [5, 5.41) is 15.6. The van der Waals surface area contributed by atoms with Crippen molar-refractivity contribution in [3.63, 3.8) is 0 Å². The van der Waals surface area contributed by atoms with Crippen molar-refractivity contribution in [2.45, 2.75) is 32.4 Å². The van der Waals surface area contributed by atoms with Crippen LogP contribution in [0.1, 0.15) is 30.5 Å². The number of amides is 2. The second kappa shape index (κ2) is 8.53. The zero-order valence-corrected chi connectivity index (χ0v) is 15.0. The molecule has 2 aromatic rings. The summed E-state index contributed by atoms with van der Waals surface area (Å²) < 4.78 is 5.12. The SMILES string of the molecule is COc1ccc(CCNC(=O)NCc2ccc(C(C)(C)O)cc2)cc1. The predicted octanol–water partition coefficient (Wildman–Crippen LogP) is 2.96. The molecule has 0 radical (unpaired) electrons. The number of nitrogens with one attached hydrogen (secondary N) is 2. The first kappa shape index (κ1) is 18.8. The average Bonchev–Trinajstić information content (AvgIpc) is 2.60. The Morgan fingerprint density at radius 3 is 2.16 bits per heavy atom. The van der Waals surface area contributed by atoms with Crippen molar-refractivity contribution in [1.29, 1.82) is 0 Å². The van der Waals surface area contributed by atoms with E-state index in [-0.39, 0.29) is 6.03 Å². The number of aliphatic hydroxyl groups is 1. The van der Waals surface area contributed by atoms with E-state index >= 15 is 0 Å². The zero-order valence-electron chi connectivity index (χ0n) is 15.0. The molecule has 0 aliphatic rings. The van der Waals surface area contributed by atoms with Crippen LogP contribution in [0.3, 0.4) is 0 Å². The zero-order chi connectivity index (χ0) is 18.3. The molecule has 0 atom stereocenters. The normalized spacial score (nSPS) is 11.0. The topological polar surface area (TPSA) is 70.6 Å². The van der Waals surface area contributed by atoms with E-state index < -0.39 is 5.60 Å². The van der Waals surface area contributed by atoms with Crippen LogP contribution in [-0.2, 0) is 18.6 Å². The van der Waals surface area contributed by atoms with Crippen molar-refractivity contribution in [1.82, 2.24) is 10.6 Å². The molecule has 25 heavy (non-hydrogen) atoms. The number of hydrogen-bond acceptors (Lipinski definition) is 3. The minimum atomic E-state index is -0.856. The van der Waals surface area contributed by atoms with Crippen molar-refractivity contribution in [3.8, 4) is 5.75 Å².